The van der Waals surface area contributed by atoms with Crippen LogP contribution in [0.2, 0.25) is 5.02 Å². The van der Waals surface area contributed by atoms with Gasteiger partial charge in [-0.05, 0) is 25.1 Å². The van der Waals surface area contributed by atoms with Crippen LogP contribution in [0.1, 0.15) is 13.0 Å². The fourth-order valence-corrected chi connectivity index (χ4v) is 2.41. The van der Waals surface area contributed by atoms with Crippen LogP contribution in [0.3, 0.4) is 0 Å². The number of rotatable bonds is 6. The van der Waals surface area contributed by atoms with Gasteiger partial charge in [-0.3, -0.25) is 9.36 Å². The summed E-state index contributed by atoms with van der Waals surface area (Å²) in [5.41, 5.74) is -0.370. The summed E-state index contributed by atoms with van der Waals surface area (Å²) in [6, 6.07) is 3.91. The maximum absolute atomic E-state index is 12.6. The summed E-state index contributed by atoms with van der Waals surface area (Å²) in [6.07, 6.45) is 1.20. The molecule has 2 aromatic rings. The van der Waals surface area contributed by atoms with E-state index in [2.05, 4.69) is 4.74 Å². The van der Waals surface area contributed by atoms with Crippen LogP contribution in [-0.2, 0) is 4.79 Å². The van der Waals surface area contributed by atoms with Gasteiger partial charge in [-0.2, -0.15) is 8.78 Å². The lowest BCUT2D eigenvalue weighted by Gasteiger charge is -2.17. The van der Waals surface area contributed by atoms with Crippen molar-refractivity contribution in [2.24, 2.45) is 0 Å². The van der Waals surface area contributed by atoms with Gasteiger partial charge in [-0.15, -0.1) is 0 Å². The van der Waals surface area contributed by atoms with E-state index >= 15 is 0 Å². The fraction of sp³-hybridized carbons (Fsp3) is 0.250. The van der Waals surface area contributed by atoms with E-state index in [1.165, 1.54) is 38.4 Å². The van der Waals surface area contributed by atoms with E-state index in [-0.39, 0.29) is 27.6 Å². The average molecular weight is 374 g/mol. The molecule has 0 aliphatic rings. The first-order valence-corrected chi connectivity index (χ1v) is 7.40. The van der Waals surface area contributed by atoms with Crippen molar-refractivity contribution in [2.75, 3.05) is 7.11 Å². The summed E-state index contributed by atoms with van der Waals surface area (Å²) < 4.78 is 35.8. The third-order valence-corrected chi connectivity index (χ3v) is 3.72. The van der Waals surface area contributed by atoms with Gasteiger partial charge in [0.1, 0.15) is 17.5 Å². The van der Waals surface area contributed by atoms with Crippen LogP contribution in [0.5, 0.6) is 11.5 Å². The smallest absolute Gasteiger partial charge is 0.387 e. The second kappa shape index (κ2) is 7.52. The number of methoxy groups -OCH3 is 1. The predicted octanol–water partition coefficient (Wildman–Crippen LogP) is 3.42. The highest BCUT2D eigenvalue weighted by Crippen LogP contribution is 2.38. The van der Waals surface area contributed by atoms with E-state index in [0.29, 0.717) is 0 Å². The normalized spacial score (nSPS) is 12.1. The maximum atomic E-state index is 12.6. The number of halogens is 3. The molecule has 1 aromatic carbocycles. The Bertz CT molecular complexity index is 853. The summed E-state index contributed by atoms with van der Waals surface area (Å²) in [6.45, 7) is -1.74. The van der Waals surface area contributed by atoms with Crippen molar-refractivity contribution in [1.82, 2.24) is 4.57 Å². The van der Waals surface area contributed by atoms with Crippen molar-refractivity contribution >= 4 is 17.6 Å². The highest BCUT2D eigenvalue weighted by molar-refractivity contribution is 6.31. The first-order valence-electron chi connectivity index (χ1n) is 7.02. The summed E-state index contributed by atoms with van der Waals surface area (Å²) in [7, 11) is 1.30. The van der Waals surface area contributed by atoms with Gasteiger partial charge in [0.25, 0.3) is 5.56 Å². The second-order valence-corrected chi connectivity index (χ2v) is 5.47. The minimum atomic E-state index is -3.07. The van der Waals surface area contributed by atoms with Crippen molar-refractivity contribution in [3.63, 3.8) is 0 Å². The molecule has 1 aromatic heterocycles. The van der Waals surface area contributed by atoms with Gasteiger partial charge < -0.3 is 14.6 Å². The molecule has 25 heavy (non-hydrogen) atoms. The minimum Gasteiger partial charge on any atom is -0.495 e. The lowest BCUT2D eigenvalue weighted by molar-refractivity contribution is -0.140. The highest BCUT2D eigenvalue weighted by Gasteiger charge is 2.20. The van der Waals surface area contributed by atoms with Gasteiger partial charge in [0.15, 0.2) is 0 Å². The zero-order valence-corrected chi connectivity index (χ0v) is 14.0. The Balaban J connectivity index is 2.68. The fourth-order valence-electron chi connectivity index (χ4n) is 2.23. The van der Waals surface area contributed by atoms with Gasteiger partial charge in [-0.1, -0.05) is 11.6 Å². The van der Waals surface area contributed by atoms with Gasteiger partial charge in [0, 0.05) is 22.2 Å². The number of aliphatic carboxylic acids is 1. The Labute approximate surface area is 146 Å². The second-order valence-electron chi connectivity index (χ2n) is 5.03. The number of carboxylic acid groups (broad SMARTS) is 1. The number of carboxylic acids is 1. The van der Waals surface area contributed by atoms with Gasteiger partial charge in [0.2, 0.25) is 0 Å². The van der Waals surface area contributed by atoms with Crippen molar-refractivity contribution in [3.05, 3.63) is 45.8 Å². The molecule has 0 aliphatic heterocycles. The third-order valence-electron chi connectivity index (χ3n) is 3.49. The number of nitrogens with zero attached hydrogens (tertiary/aromatic N) is 1. The first kappa shape index (κ1) is 18.7. The molecule has 1 N–H and O–H groups in total. The molecular formula is C16H14ClF2NO5. The molecule has 1 atom stereocenters. The number of hydrogen-bond acceptors (Lipinski definition) is 4. The van der Waals surface area contributed by atoms with E-state index in [1.54, 1.807) is 0 Å². The molecule has 2 rings (SSSR count). The molecule has 0 bridgehead atoms. The van der Waals surface area contributed by atoms with Crippen molar-refractivity contribution in [2.45, 2.75) is 19.6 Å². The Morgan fingerprint density at radius 1 is 1.24 bits per heavy atom. The lowest BCUT2D eigenvalue weighted by Crippen LogP contribution is -2.27. The minimum absolute atomic E-state index is 0.106. The predicted molar refractivity (Wildman–Crippen MR) is 86.7 cm³/mol. The van der Waals surface area contributed by atoms with Gasteiger partial charge >= 0.3 is 12.6 Å². The Hall–Kier alpha value is -2.61. The monoisotopic (exact) mass is 373 g/mol. The molecule has 0 fully saturated rings. The summed E-state index contributed by atoms with van der Waals surface area (Å²) in [5, 5.41) is 9.31. The number of alkyl halides is 2. The maximum Gasteiger partial charge on any atom is 0.387 e. The summed E-state index contributed by atoms with van der Waals surface area (Å²) in [4.78, 5) is 23.4. The largest absolute Gasteiger partial charge is 0.495 e. The molecule has 0 aliphatic carbocycles. The molecule has 0 saturated carbocycles. The topological polar surface area (TPSA) is 77.8 Å². The highest BCUT2D eigenvalue weighted by atomic mass is 35.5. The van der Waals surface area contributed by atoms with Crippen molar-refractivity contribution in [3.8, 4) is 22.6 Å². The number of pyridine rings is 1. The summed E-state index contributed by atoms with van der Waals surface area (Å²) >= 11 is 5.92. The molecule has 0 radical (unpaired) electrons. The van der Waals surface area contributed by atoms with Crippen LogP contribution >= 0.6 is 11.6 Å². The van der Waals surface area contributed by atoms with E-state index in [9.17, 15) is 18.4 Å². The molecule has 9 heteroatoms. The van der Waals surface area contributed by atoms with Crippen molar-refractivity contribution < 1.29 is 28.2 Å². The van der Waals surface area contributed by atoms with Crippen LogP contribution in [-0.4, -0.2) is 29.4 Å². The van der Waals surface area contributed by atoms with Crippen LogP contribution in [0.4, 0.5) is 8.78 Å². The molecule has 0 spiro atoms. The molecule has 0 saturated heterocycles. The number of hydrogen-bond donors (Lipinski definition) is 1. The molecular weight excluding hydrogens is 360 g/mol. The Morgan fingerprint density at radius 2 is 1.88 bits per heavy atom. The molecule has 1 unspecified atom stereocenters. The molecule has 134 valence electrons. The first-order chi connectivity index (χ1) is 11.7. The number of carbonyl (C=O) groups is 1. The van der Waals surface area contributed by atoms with E-state index < -0.39 is 24.2 Å². The zero-order chi connectivity index (χ0) is 18.7. The SMILES string of the molecule is COc1cn(C(C)C(=O)O)c(=O)cc1-c1cc(Cl)ccc1OC(F)F. The summed E-state index contributed by atoms with van der Waals surface area (Å²) in [5.74, 6) is -1.29. The lowest BCUT2D eigenvalue weighted by atomic mass is 10.0. The van der Waals surface area contributed by atoms with E-state index in [4.69, 9.17) is 21.4 Å². The van der Waals surface area contributed by atoms with Gasteiger partial charge in [-0.25, -0.2) is 4.79 Å². The van der Waals surface area contributed by atoms with Crippen molar-refractivity contribution in [1.29, 1.82) is 0 Å². The number of aromatic nitrogens is 1. The van der Waals surface area contributed by atoms with Crippen LogP contribution < -0.4 is 15.0 Å². The quantitative estimate of drug-likeness (QED) is 0.839. The average Bonchev–Trinajstić information content (AvgIpc) is 2.55. The van der Waals surface area contributed by atoms with Crippen LogP contribution in [0, 0.1) is 0 Å². The Kier molecular flexibility index (Phi) is 5.63. The van der Waals surface area contributed by atoms with Crippen LogP contribution in [0.15, 0.2) is 35.3 Å². The molecule has 1 heterocycles. The number of ether oxygens (including phenoxy) is 2. The molecule has 0 amide bonds. The Morgan fingerprint density at radius 3 is 2.44 bits per heavy atom. The molecule has 6 nitrogen and oxygen atoms in total. The standard InChI is InChI=1S/C16H14ClF2NO5/c1-8(15(22)23)20-7-13(24-2)11(6-14(20)21)10-5-9(17)3-4-12(10)25-16(18)19/h3-8,16H,1-2H3,(H,22,23). The third kappa shape index (κ3) is 4.08. The van der Waals surface area contributed by atoms with E-state index in [0.717, 1.165) is 10.6 Å². The van der Waals surface area contributed by atoms with E-state index in [1.807, 2.05) is 0 Å². The zero-order valence-electron chi connectivity index (χ0n) is 13.2. The number of benzene rings is 1. The van der Waals surface area contributed by atoms with Crippen LogP contribution in [0.25, 0.3) is 11.1 Å². The van der Waals surface area contributed by atoms with Gasteiger partial charge in [0.05, 0.1) is 13.3 Å².